The normalized spacial score (nSPS) is 13.2. The molecule has 8 heteroatoms. The molecule has 0 aliphatic heterocycles. The summed E-state index contributed by atoms with van der Waals surface area (Å²) in [6.07, 6.45) is 1.63. The van der Waals surface area contributed by atoms with Crippen LogP contribution in [0.2, 0.25) is 0 Å². The molecule has 0 saturated heterocycles. The van der Waals surface area contributed by atoms with Crippen molar-refractivity contribution in [1.82, 2.24) is 4.90 Å². The molecule has 0 aromatic heterocycles. The second-order valence-corrected chi connectivity index (χ2v) is 6.95. The van der Waals surface area contributed by atoms with Gasteiger partial charge in [0.05, 0.1) is 0 Å². The smallest absolute Gasteiger partial charge is 0.379 e. The zero-order valence-corrected chi connectivity index (χ0v) is 14.5. The first-order chi connectivity index (χ1) is 9.31. The van der Waals surface area contributed by atoms with Crippen LogP contribution in [0.15, 0.2) is 29.1 Å². The molecule has 0 unspecified atom stereocenters. The fourth-order valence-electron chi connectivity index (χ4n) is 1.38. The topological polar surface area (TPSA) is 69.3 Å². The lowest BCUT2D eigenvalue weighted by atomic mass is 10.4. The monoisotopic (exact) mass is 321 g/mol. The van der Waals surface area contributed by atoms with Crippen molar-refractivity contribution in [3.8, 4) is 0 Å². The number of nitrogens with two attached hydrogens (primary N) is 1. The molecular formula is C12H24N3O3PS. The molecule has 0 saturated carbocycles. The van der Waals surface area contributed by atoms with E-state index in [9.17, 15) is 0 Å². The van der Waals surface area contributed by atoms with Crippen molar-refractivity contribution in [3.63, 3.8) is 0 Å². The quantitative estimate of drug-likeness (QED) is 0.244. The SMILES string of the molecule is C=C(/C=C(C)\N=C(/N)N(CC)CC)OP(=S)(OC)OC. The van der Waals surface area contributed by atoms with Gasteiger partial charge in [-0.3, -0.25) is 0 Å². The van der Waals surface area contributed by atoms with Gasteiger partial charge in [-0.1, -0.05) is 6.58 Å². The largest absolute Gasteiger partial charge is 0.425 e. The maximum Gasteiger partial charge on any atom is 0.379 e. The molecule has 0 fully saturated rings. The van der Waals surface area contributed by atoms with E-state index >= 15 is 0 Å². The molecule has 0 heterocycles. The molecule has 0 atom stereocenters. The average Bonchev–Trinajstić information content (AvgIpc) is 2.39. The Bertz CT molecular complexity index is 426. The Morgan fingerprint density at radius 1 is 1.35 bits per heavy atom. The summed E-state index contributed by atoms with van der Waals surface area (Å²) in [6, 6.07) is 0. The molecule has 2 N–H and O–H groups in total. The highest BCUT2D eigenvalue weighted by molar-refractivity contribution is 8.07. The van der Waals surface area contributed by atoms with E-state index in [0.717, 1.165) is 13.1 Å². The molecule has 0 aromatic carbocycles. The minimum atomic E-state index is -2.76. The van der Waals surface area contributed by atoms with Crippen LogP contribution in [0.5, 0.6) is 0 Å². The Labute approximate surface area is 126 Å². The zero-order valence-electron chi connectivity index (χ0n) is 12.8. The number of nitrogens with zero attached hydrogens (tertiary/aromatic N) is 2. The lowest BCUT2D eigenvalue weighted by Crippen LogP contribution is -2.36. The van der Waals surface area contributed by atoms with Gasteiger partial charge in [-0.05, 0) is 20.8 Å². The van der Waals surface area contributed by atoms with Gasteiger partial charge in [0, 0.05) is 50.9 Å². The molecule has 0 aromatic rings. The number of allylic oxidation sites excluding steroid dienone is 2. The van der Waals surface area contributed by atoms with Gasteiger partial charge in [0.2, 0.25) is 0 Å². The van der Waals surface area contributed by atoms with Crippen molar-refractivity contribution in [3.05, 3.63) is 24.1 Å². The second kappa shape index (κ2) is 9.13. The van der Waals surface area contributed by atoms with Crippen molar-refractivity contribution >= 4 is 24.5 Å². The van der Waals surface area contributed by atoms with E-state index in [-0.39, 0.29) is 0 Å². The van der Waals surface area contributed by atoms with E-state index in [2.05, 4.69) is 11.6 Å². The number of hydrogen-bond acceptors (Lipinski definition) is 5. The van der Waals surface area contributed by atoms with Crippen LogP contribution >= 0.6 is 6.72 Å². The third kappa shape index (κ3) is 6.52. The third-order valence-electron chi connectivity index (χ3n) is 2.42. The first-order valence-corrected chi connectivity index (χ1v) is 8.74. The fourth-order valence-corrected chi connectivity index (χ4v) is 2.31. The Hall–Kier alpha value is -0.880. The standard InChI is InChI=1S/C12H24N3O3PS/c1-7-15(8-2)12(13)14-10(3)9-11(4)18-19(20,16-5)17-6/h9H,4,7-8H2,1-3,5-6H3,(H2,13,14)/b10-9-. The van der Waals surface area contributed by atoms with Crippen LogP contribution in [0, 0.1) is 0 Å². The lowest BCUT2D eigenvalue weighted by molar-refractivity contribution is 0.246. The van der Waals surface area contributed by atoms with Gasteiger partial charge in [0.15, 0.2) is 5.96 Å². The Balaban J connectivity index is 4.85. The van der Waals surface area contributed by atoms with Crippen molar-refractivity contribution in [1.29, 1.82) is 0 Å². The third-order valence-corrected chi connectivity index (χ3v) is 4.90. The van der Waals surface area contributed by atoms with Crippen molar-refractivity contribution in [2.24, 2.45) is 10.7 Å². The van der Waals surface area contributed by atoms with Gasteiger partial charge in [0.1, 0.15) is 5.76 Å². The molecule has 0 spiro atoms. The van der Waals surface area contributed by atoms with Gasteiger partial charge in [-0.15, -0.1) is 0 Å². The second-order valence-electron chi connectivity index (χ2n) is 3.80. The molecule has 20 heavy (non-hydrogen) atoms. The number of rotatable bonds is 8. The predicted molar refractivity (Wildman–Crippen MR) is 86.8 cm³/mol. The molecule has 0 aliphatic rings. The van der Waals surface area contributed by atoms with Crippen LogP contribution in [0.3, 0.4) is 0 Å². The summed E-state index contributed by atoms with van der Waals surface area (Å²) in [5.41, 5.74) is 6.56. The molecule has 6 nitrogen and oxygen atoms in total. The van der Waals surface area contributed by atoms with E-state index < -0.39 is 6.72 Å². The van der Waals surface area contributed by atoms with Crippen LogP contribution in [0.25, 0.3) is 0 Å². The van der Waals surface area contributed by atoms with Gasteiger partial charge < -0.3 is 24.2 Å². The van der Waals surface area contributed by atoms with Gasteiger partial charge in [0.25, 0.3) is 0 Å². The molecular weight excluding hydrogens is 297 g/mol. The maximum atomic E-state index is 5.90. The Kier molecular flexibility index (Phi) is 8.73. The fraction of sp³-hybridized carbons (Fsp3) is 0.583. The van der Waals surface area contributed by atoms with E-state index in [4.69, 9.17) is 31.1 Å². The van der Waals surface area contributed by atoms with E-state index in [0.29, 0.717) is 17.4 Å². The van der Waals surface area contributed by atoms with Gasteiger partial charge >= 0.3 is 6.72 Å². The highest BCUT2D eigenvalue weighted by Crippen LogP contribution is 2.50. The van der Waals surface area contributed by atoms with Gasteiger partial charge in [-0.2, -0.15) is 0 Å². The summed E-state index contributed by atoms with van der Waals surface area (Å²) in [6.45, 7) is 8.41. The number of aliphatic imine (C=N–C) groups is 1. The van der Waals surface area contributed by atoms with Crippen LogP contribution in [0.1, 0.15) is 20.8 Å². The summed E-state index contributed by atoms with van der Waals surface area (Å²) in [5.74, 6) is 0.778. The first kappa shape index (κ1) is 19.1. The van der Waals surface area contributed by atoms with E-state index in [1.54, 1.807) is 13.0 Å². The number of hydrogen-bond donors (Lipinski definition) is 1. The zero-order chi connectivity index (χ0) is 15.8. The molecule has 0 aliphatic carbocycles. The van der Waals surface area contributed by atoms with Crippen LogP contribution in [-0.2, 0) is 25.4 Å². The van der Waals surface area contributed by atoms with Crippen LogP contribution < -0.4 is 5.73 Å². The summed E-state index contributed by atoms with van der Waals surface area (Å²) in [5, 5.41) is 0. The summed E-state index contributed by atoms with van der Waals surface area (Å²) in [7, 11) is 2.87. The van der Waals surface area contributed by atoms with Crippen molar-refractivity contribution in [2.75, 3.05) is 27.3 Å². The molecule has 0 bridgehead atoms. The van der Waals surface area contributed by atoms with Crippen LogP contribution in [0.4, 0.5) is 0 Å². The minimum absolute atomic E-state index is 0.325. The summed E-state index contributed by atoms with van der Waals surface area (Å²) in [4.78, 5) is 6.22. The Morgan fingerprint density at radius 3 is 2.25 bits per heavy atom. The average molecular weight is 321 g/mol. The Morgan fingerprint density at radius 2 is 1.85 bits per heavy atom. The molecule has 0 rings (SSSR count). The van der Waals surface area contributed by atoms with E-state index in [1.807, 2.05) is 18.7 Å². The number of guanidine groups is 1. The van der Waals surface area contributed by atoms with E-state index in [1.165, 1.54) is 14.2 Å². The molecule has 116 valence electrons. The molecule has 0 amide bonds. The van der Waals surface area contributed by atoms with Crippen molar-refractivity contribution in [2.45, 2.75) is 20.8 Å². The lowest BCUT2D eigenvalue weighted by Gasteiger charge is -2.20. The maximum absolute atomic E-state index is 5.90. The van der Waals surface area contributed by atoms with Gasteiger partial charge in [-0.25, -0.2) is 4.99 Å². The summed E-state index contributed by atoms with van der Waals surface area (Å²) < 4.78 is 15.4. The predicted octanol–water partition coefficient (Wildman–Crippen LogP) is 2.59. The van der Waals surface area contributed by atoms with Crippen LogP contribution in [-0.4, -0.2) is 38.2 Å². The molecule has 0 radical (unpaired) electrons. The minimum Gasteiger partial charge on any atom is -0.425 e. The summed E-state index contributed by atoms with van der Waals surface area (Å²) >= 11 is 5.09. The first-order valence-electron chi connectivity index (χ1n) is 6.19. The highest BCUT2D eigenvalue weighted by Gasteiger charge is 2.18. The highest BCUT2D eigenvalue weighted by atomic mass is 32.5. The van der Waals surface area contributed by atoms with Crippen molar-refractivity contribution < 1.29 is 13.6 Å².